The summed E-state index contributed by atoms with van der Waals surface area (Å²) in [6, 6.07) is 31.4. The fourth-order valence-corrected chi connectivity index (χ4v) is 3.47. The SMILES string of the molecule is c1ccc(CC2=NCCC(c3ccccc3)(c3ccccc3)O2)cc1. The fourth-order valence-electron chi connectivity index (χ4n) is 3.47. The van der Waals surface area contributed by atoms with Crippen molar-refractivity contribution in [3.05, 3.63) is 108 Å². The van der Waals surface area contributed by atoms with Crippen molar-refractivity contribution in [2.24, 2.45) is 4.99 Å². The summed E-state index contributed by atoms with van der Waals surface area (Å²) in [6.07, 6.45) is 1.57. The van der Waals surface area contributed by atoms with Crippen LogP contribution in [0.4, 0.5) is 0 Å². The monoisotopic (exact) mass is 327 g/mol. The fraction of sp³-hybridized carbons (Fsp3) is 0.174. The number of hydrogen-bond acceptors (Lipinski definition) is 2. The molecule has 124 valence electrons. The number of aliphatic imine (C=N–C) groups is 1. The van der Waals surface area contributed by atoms with Crippen molar-refractivity contribution >= 4 is 5.90 Å². The predicted octanol–water partition coefficient (Wildman–Crippen LogP) is 4.99. The quantitative estimate of drug-likeness (QED) is 0.661. The third-order valence-corrected chi connectivity index (χ3v) is 4.72. The number of benzene rings is 3. The summed E-state index contributed by atoms with van der Waals surface area (Å²) in [6.45, 7) is 0.770. The molecule has 0 bridgehead atoms. The van der Waals surface area contributed by atoms with Gasteiger partial charge < -0.3 is 4.74 Å². The molecule has 25 heavy (non-hydrogen) atoms. The molecule has 1 heterocycles. The first kappa shape index (κ1) is 15.6. The molecule has 0 spiro atoms. The van der Waals surface area contributed by atoms with E-state index in [4.69, 9.17) is 4.74 Å². The average molecular weight is 327 g/mol. The molecule has 0 radical (unpaired) electrons. The van der Waals surface area contributed by atoms with Gasteiger partial charge in [-0.15, -0.1) is 0 Å². The molecule has 0 unspecified atom stereocenters. The Hall–Kier alpha value is -2.87. The number of nitrogens with zero attached hydrogens (tertiary/aromatic N) is 1. The lowest BCUT2D eigenvalue weighted by atomic mass is 9.82. The Bertz CT molecular complexity index is 802. The first-order valence-corrected chi connectivity index (χ1v) is 8.74. The van der Waals surface area contributed by atoms with Crippen molar-refractivity contribution in [2.45, 2.75) is 18.4 Å². The zero-order valence-corrected chi connectivity index (χ0v) is 14.1. The van der Waals surface area contributed by atoms with E-state index in [0.717, 1.165) is 25.3 Å². The van der Waals surface area contributed by atoms with Gasteiger partial charge in [0.25, 0.3) is 0 Å². The molecule has 0 fully saturated rings. The average Bonchev–Trinajstić information content (AvgIpc) is 2.70. The van der Waals surface area contributed by atoms with E-state index >= 15 is 0 Å². The van der Waals surface area contributed by atoms with E-state index < -0.39 is 5.60 Å². The number of hydrogen-bond donors (Lipinski definition) is 0. The van der Waals surface area contributed by atoms with Gasteiger partial charge in [0.1, 0.15) is 0 Å². The summed E-state index contributed by atoms with van der Waals surface area (Å²) < 4.78 is 6.60. The maximum Gasteiger partial charge on any atom is 0.189 e. The van der Waals surface area contributed by atoms with E-state index in [-0.39, 0.29) is 0 Å². The van der Waals surface area contributed by atoms with Crippen molar-refractivity contribution in [3.8, 4) is 0 Å². The molecule has 3 aromatic carbocycles. The van der Waals surface area contributed by atoms with Crippen LogP contribution in [0.2, 0.25) is 0 Å². The third kappa shape index (κ3) is 3.20. The van der Waals surface area contributed by atoms with Crippen LogP contribution in [-0.2, 0) is 16.8 Å². The van der Waals surface area contributed by atoms with Gasteiger partial charge >= 0.3 is 0 Å². The molecule has 0 aliphatic carbocycles. The van der Waals surface area contributed by atoms with Gasteiger partial charge in [0.15, 0.2) is 11.5 Å². The maximum absolute atomic E-state index is 6.60. The minimum atomic E-state index is -0.464. The molecule has 2 heteroatoms. The highest BCUT2D eigenvalue weighted by molar-refractivity contribution is 5.80. The Labute approximate surface area is 148 Å². The van der Waals surface area contributed by atoms with Crippen LogP contribution in [-0.4, -0.2) is 12.4 Å². The molecule has 0 amide bonds. The minimum absolute atomic E-state index is 0.464. The highest BCUT2D eigenvalue weighted by Crippen LogP contribution is 2.39. The lowest BCUT2D eigenvalue weighted by molar-refractivity contribution is 0.0733. The van der Waals surface area contributed by atoms with E-state index in [0.29, 0.717) is 0 Å². The first-order valence-electron chi connectivity index (χ1n) is 8.74. The second-order valence-corrected chi connectivity index (χ2v) is 6.35. The van der Waals surface area contributed by atoms with Crippen LogP contribution in [0.5, 0.6) is 0 Å². The summed E-state index contributed by atoms with van der Waals surface area (Å²) in [5.74, 6) is 0.810. The molecule has 0 saturated heterocycles. The molecule has 2 nitrogen and oxygen atoms in total. The molecule has 0 saturated carbocycles. The third-order valence-electron chi connectivity index (χ3n) is 4.72. The Morgan fingerprint density at radius 2 is 1.24 bits per heavy atom. The van der Waals surface area contributed by atoms with Crippen LogP contribution in [0.1, 0.15) is 23.1 Å². The van der Waals surface area contributed by atoms with Crippen molar-refractivity contribution in [3.63, 3.8) is 0 Å². The maximum atomic E-state index is 6.60. The van der Waals surface area contributed by atoms with Gasteiger partial charge in [-0.2, -0.15) is 0 Å². The molecular formula is C23H21NO. The second kappa shape index (κ2) is 6.94. The van der Waals surface area contributed by atoms with Crippen LogP contribution >= 0.6 is 0 Å². The van der Waals surface area contributed by atoms with Crippen molar-refractivity contribution < 1.29 is 4.74 Å². The van der Waals surface area contributed by atoms with Gasteiger partial charge in [-0.3, -0.25) is 4.99 Å². The van der Waals surface area contributed by atoms with Gasteiger partial charge in [0.2, 0.25) is 0 Å². The molecule has 1 aliphatic rings. The lowest BCUT2D eigenvalue weighted by Gasteiger charge is -2.38. The highest BCUT2D eigenvalue weighted by Gasteiger charge is 2.39. The predicted molar refractivity (Wildman–Crippen MR) is 102 cm³/mol. The van der Waals surface area contributed by atoms with E-state index in [1.807, 2.05) is 18.2 Å². The standard InChI is InChI=1S/C23H21NO/c1-4-10-19(11-5-1)18-22-24-17-16-23(25-22,20-12-6-2-7-13-20)21-14-8-3-9-15-21/h1-15H,16-18H2. The topological polar surface area (TPSA) is 21.6 Å². The van der Waals surface area contributed by atoms with E-state index in [2.05, 4.69) is 77.8 Å². The Morgan fingerprint density at radius 3 is 1.80 bits per heavy atom. The van der Waals surface area contributed by atoms with Crippen molar-refractivity contribution in [1.82, 2.24) is 0 Å². The largest absolute Gasteiger partial charge is 0.465 e. The van der Waals surface area contributed by atoms with Crippen LogP contribution in [0.25, 0.3) is 0 Å². The first-order chi connectivity index (χ1) is 12.4. The molecule has 0 atom stereocenters. The van der Waals surface area contributed by atoms with Crippen LogP contribution < -0.4 is 0 Å². The zero-order chi connectivity index (χ0) is 17.0. The summed E-state index contributed by atoms with van der Waals surface area (Å²) in [7, 11) is 0. The lowest BCUT2D eigenvalue weighted by Crippen LogP contribution is -2.38. The van der Waals surface area contributed by atoms with Crippen molar-refractivity contribution in [1.29, 1.82) is 0 Å². The van der Waals surface area contributed by atoms with Gasteiger partial charge in [0.05, 0.1) is 0 Å². The smallest absolute Gasteiger partial charge is 0.189 e. The van der Waals surface area contributed by atoms with Gasteiger partial charge in [0, 0.05) is 30.5 Å². The molecule has 0 N–H and O–H groups in total. The summed E-state index contributed by atoms with van der Waals surface area (Å²) >= 11 is 0. The molecule has 4 rings (SSSR count). The zero-order valence-electron chi connectivity index (χ0n) is 14.1. The van der Waals surface area contributed by atoms with Gasteiger partial charge in [-0.25, -0.2) is 0 Å². The van der Waals surface area contributed by atoms with Crippen LogP contribution in [0, 0.1) is 0 Å². The van der Waals surface area contributed by atoms with Crippen molar-refractivity contribution in [2.75, 3.05) is 6.54 Å². The molecule has 3 aromatic rings. The van der Waals surface area contributed by atoms with Crippen LogP contribution in [0.15, 0.2) is 96.0 Å². The summed E-state index contributed by atoms with van der Waals surface area (Å²) in [4.78, 5) is 4.67. The van der Waals surface area contributed by atoms with E-state index in [9.17, 15) is 0 Å². The van der Waals surface area contributed by atoms with E-state index in [1.54, 1.807) is 0 Å². The van der Waals surface area contributed by atoms with Gasteiger partial charge in [-0.1, -0.05) is 91.0 Å². The molecule has 0 aromatic heterocycles. The Balaban J connectivity index is 1.72. The van der Waals surface area contributed by atoms with Gasteiger partial charge in [-0.05, 0) is 5.56 Å². The highest BCUT2D eigenvalue weighted by atomic mass is 16.5. The van der Waals surface area contributed by atoms with Crippen LogP contribution in [0.3, 0.4) is 0 Å². The summed E-state index contributed by atoms with van der Waals surface area (Å²) in [5.41, 5.74) is 3.12. The Morgan fingerprint density at radius 1 is 0.720 bits per heavy atom. The molecular weight excluding hydrogens is 306 g/mol. The normalized spacial score (nSPS) is 15.9. The summed E-state index contributed by atoms with van der Waals surface area (Å²) in [5, 5.41) is 0. The number of rotatable bonds is 4. The minimum Gasteiger partial charge on any atom is -0.465 e. The molecule has 1 aliphatic heterocycles. The van der Waals surface area contributed by atoms with E-state index in [1.165, 1.54) is 16.7 Å². The number of ether oxygens (including phenoxy) is 1. The Kier molecular flexibility index (Phi) is 4.34. The second-order valence-electron chi connectivity index (χ2n) is 6.35.